The maximum atomic E-state index is 11.0. The van der Waals surface area contributed by atoms with Gasteiger partial charge in [-0.2, -0.15) is 0 Å². The standard InChI is InChI=1S/C14H23NO4S/c1-11(2)19-13-6-5-12(9-14(13)18-3)10-15-7-8-20(4,16)17/h5-6,9,11,15H,7-8,10H2,1-4H3. The van der Waals surface area contributed by atoms with Gasteiger partial charge in [0.1, 0.15) is 9.84 Å². The van der Waals surface area contributed by atoms with Crippen LogP contribution in [0.3, 0.4) is 0 Å². The number of ether oxygens (including phenoxy) is 2. The number of nitrogens with one attached hydrogen (secondary N) is 1. The minimum atomic E-state index is -2.92. The van der Waals surface area contributed by atoms with Crippen molar-refractivity contribution in [1.82, 2.24) is 5.32 Å². The first-order chi connectivity index (χ1) is 9.31. The first-order valence-electron chi connectivity index (χ1n) is 6.54. The molecule has 0 bridgehead atoms. The van der Waals surface area contributed by atoms with E-state index in [9.17, 15) is 8.42 Å². The number of hydrogen-bond donors (Lipinski definition) is 1. The molecular weight excluding hydrogens is 278 g/mol. The highest BCUT2D eigenvalue weighted by atomic mass is 32.2. The van der Waals surface area contributed by atoms with Crippen molar-refractivity contribution >= 4 is 9.84 Å². The summed E-state index contributed by atoms with van der Waals surface area (Å²) in [4.78, 5) is 0. The molecule has 0 saturated carbocycles. The number of sulfone groups is 1. The van der Waals surface area contributed by atoms with E-state index >= 15 is 0 Å². The molecule has 0 aliphatic rings. The van der Waals surface area contributed by atoms with E-state index in [1.807, 2.05) is 32.0 Å². The Morgan fingerprint density at radius 1 is 1.25 bits per heavy atom. The van der Waals surface area contributed by atoms with Crippen LogP contribution >= 0.6 is 0 Å². The van der Waals surface area contributed by atoms with E-state index in [0.29, 0.717) is 24.6 Å². The summed E-state index contributed by atoms with van der Waals surface area (Å²) in [5, 5.41) is 3.09. The first kappa shape index (κ1) is 16.8. The second-order valence-electron chi connectivity index (χ2n) is 4.96. The van der Waals surface area contributed by atoms with Crippen LogP contribution in [0.15, 0.2) is 18.2 Å². The van der Waals surface area contributed by atoms with Crippen molar-refractivity contribution < 1.29 is 17.9 Å². The van der Waals surface area contributed by atoms with Gasteiger partial charge in [-0.05, 0) is 31.5 Å². The second kappa shape index (κ2) is 7.50. The Balaban J connectivity index is 2.59. The number of rotatable bonds is 8. The molecule has 1 aromatic carbocycles. The lowest BCUT2D eigenvalue weighted by Gasteiger charge is -2.14. The third-order valence-electron chi connectivity index (χ3n) is 2.57. The van der Waals surface area contributed by atoms with Gasteiger partial charge < -0.3 is 14.8 Å². The molecule has 0 aliphatic carbocycles. The van der Waals surface area contributed by atoms with Crippen LogP contribution in [0.4, 0.5) is 0 Å². The molecule has 0 unspecified atom stereocenters. The molecule has 1 rings (SSSR count). The predicted octanol–water partition coefficient (Wildman–Crippen LogP) is 1.62. The van der Waals surface area contributed by atoms with E-state index in [1.54, 1.807) is 7.11 Å². The highest BCUT2D eigenvalue weighted by molar-refractivity contribution is 7.90. The highest BCUT2D eigenvalue weighted by Crippen LogP contribution is 2.28. The molecule has 0 saturated heterocycles. The van der Waals surface area contributed by atoms with E-state index in [2.05, 4.69) is 5.32 Å². The molecule has 1 aromatic rings. The normalized spacial score (nSPS) is 11.7. The SMILES string of the molecule is COc1cc(CNCCS(C)(=O)=O)ccc1OC(C)C. The van der Waals surface area contributed by atoms with Crippen molar-refractivity contribution in [2.24, 2.45) is 0 Å². The molecule has 0 heterocycles. The lowest BCUT2D eigenvalue weighted by Crippen LogP contribution is -2.21. The van der Waals surface area contributed by atoms with Crippen LogP contribution in [-0.2, 0) is 16.4 Å². The zero-order valence-corrected chi connectivity index (χ0v) is 13.3. The van der Waals surface area contributed by atoms with E-state index in [0.717, 1.165) is 5.56 Å². The van der Waals surface area contributed by atoms with Crippen molar-refractivity contribution in [2.45, 2.75) is 26.5 Å². The second-order valence-corrected chi connectivity index (χ2v) is 7.22. The summed E-state index contributed by atoms with van der Waals surface area (Å²) >= 11 is 0. The molecule has 0 fully saturated rings. The van der Waals surface area contributed by atoms with Gasteiger partial charge in [0.2, 0.25) is 0 Å². The molecule has 0 atom stereocenters. The Kier molecular flexibility index (Phi) is 6.29. The summed E-state index contributed by atoms with van der Waals surface area (Å²) in [5.41, 5.74) is 1.02. The molecular formula is C14H23NO4S. The van der Waals surface area contributed by atoms with Crippen molar-refractivity contribution in [3.05, 3.63) is 23.8 Å². The molecule has 114 valence electrons. The Morgan fingerprint density at radius 3 is 2.50 bits per heavy atom. The molecule has 1 N–H and O–H groups in total. The van der Waals surface area contributed by atoms with Crippen LogP contribution in [0.5, 0.6) is 11.5 Å². The van der Waals surface area contributed by atoms with Crippen molar-refractivity contribution in [3.8, 4) is 11.5 Å². The summed E-state index contributed by atoms with van der Waals surface area (Å²) in [5.74, 6) is 1.53. The van der Waals surface area contributed by atoms with Gasteiger partial charge in [0, 0.05) is 19.3 Å². The maximum absolute atomic E-state index is 11.0. The van der Waals surface area contributed by atoms with Gasteiger partial charge >= 0.3 is 0 Å². The Bertz CT molecular complexity index is 526. The van der Waals surface area contributed by atoms with Crippen molar-refractivity contribution in [2.75, 3.05) is 25.7 Å². The van der Waals surface area contributed by atoms with Gasteiger partial charge in [-0.15, -0.1) is 0 Å². The third-order valence-corrected chi connectivity index (χ3v) is 3.52. The molecule has 6 heteroatoms. The monoisotopic (exact) mass is 301 g/mol. The summed E-state index contributed by atoms with van der Waals surface area (Å²) in [6.07, 6.45) is 1.32. The van der Waals surface area contributed by atoms with Crippen molar-refractivity contribution in [3.63, 3.8) is 0 Å². The minimum Gasteiger partial charge on any atom is -0.493 e. The number of hydrogen-bond acceptors (Lipinski definition) is 5. The van der Waals surface area contributed by atoms with Crippen LogP contribution < -0.4 is 14.8 Å². The van der Waals surface area contributed by atoms with E-state index in [1.165, 1.54) is 6.26 Å². The van der Waals surface area contributed by atoms with Crippen LogP contribution in [0.25, 0.3) is 0 Å². The summed E-state index contributed by atoms with van der Waals surface area (Å²) in [6, 6.07) is 5.70. The maximum Gasteiger partial charge on any atom is 0.161 e. The molecule has 0 aliphatic heterocycles. The fraction of sp³-hybridized carbons (Fsp3) is 0.571. The van der Waals surface area contributed by atoms with Gasteiger partial charge in [-0.3, -0.25) is 0 Å². The van der Waals surface area contributed by atoms with E-state index in [4.69, 9.17) is 9.47 Å². The molecule has 0 spiro atoms. The first-order valence-corrected chi connectivity index (χ1v) is 8.60. The minimum absolute atomic E-state index is 0.0858. The average Bonchev–Trinajstić information content (AvgIpc) is 2.34. The Labute approximate surface area is 121 Å². The smallest absolute Gasteiger partial charge is 0.161 e. The van der Waals surface area contributed by atoms with Crippen LogP contribution in [0.2, 0.25) is 0 Å². The van der Waals surface area contributed by atoms with Gasteiger partial charge in [0.05, 0.1) is 19.0 Å². The zero-order chi connectivity index (χ0) is 15.2. The highest BCUT2D eigenvalue weighted by Gasteiger charge is 2.07. The largest absolute Gasteiger partial charge is 0.493 e. The fourth-order valence-electron chi connectivity index (χ4n) is 1.66. The Hall–Kier alpha value is -1.27. The van der Waals surface area contributed by atoms with Crippen molar-refractivity contribution in [1.29, 1.82) is 0 Å². The molecule has 0 radical (unpaired) electrons. The summed E-state index contributed by atoms with van der Waals surface area (Å²) in [7, 11) is -1.32. The van der Waals surface area contributed by atoms with E-state index < -0.39 is 9.84 Å². The summed E-state index contributed by atoms with van der Waals surface area (Å²) in [6.45, 7) is 4.94. The molecule has 5 nitrogen and oxygen atoms in total. The third kappa shape index (κ3) is 6.25. The van der Waals surface area contributed by atoms with Gasteiger partial charge in [-0.25, -0.2) is 8.42 Å². The predicted molar refractivity (Wildman–Crippen MR) is 80.2 cm³/mol. The van der Waals surface area contributed by atoms with Crippen LogP contribution in [0, 0.1) is 0 Å². The average molecular weight is 301 g/mol. The fourth-order valence-corrected chi connectivity index (χ4v) is 2.18. The van der Waals surface area contributed by atoms with E-state index in [-0.39, 0.29) is 11.9 Å². The lowest BCUT2D eigenvalue weighted by molar-refractivity contribution is 0.230. The molecule has 0 amide bonds. The molecule has 20 heavy (non-hydrogen) atoms. The van der Waals surface area contributed by atoms with Gasteiger partial charge in [0.15, 0.2) is 11.5 Å². The topological polar surface area (TPSA) is 64.6 Å². The van der Waals surface area contributed by atoms with Crippen LogP contribution in [-0.4, -0.2) is 40.2 Å². The number of methoxy groups -OCH3 is 1. The van der Waals surface area contributed by atoms with Gasteiger partial charge in [0.25, 0.3) is 0 Å². The quantitative estimate of drug-likeness (QED) is 0.739. The lowest BCUT2D eigenvalue weighted by atomic mass is 10.2. The molecule has 0 aromatic heterocycles. The summed E-state index contributed by atoms with van der Waals surface area (Å²) < 4.78 is 33.0. The van der Waals surface area contributed by atoms with Crippen LogP contribution in [0.1, 0.15) is 19.4 Å². The zero-order valence-electron chi connectivity index (χ0n) is 12.5. The number of benzene rings is 1. The Morgan fingerprint density at radius 2 is 1.95 bits per heavy atom. The van der Waals surface area contributed by atoms with Gasteiger partial charge in [-0.1, -0.05) is 6.07 Å².